The molecule has 4 nitrogen and oxygen atoms in total. The highest BCUT2D eigenvalue weighted by atomic mass is 19.1. The van der Waals surface area contributed by atoms with Gasteiger partial charge in [0, 0.05) is 19.0 Å². The molecule has 1 amide bonds. The third-order valence-electron chi connectivity index (χ3n) is 6.07. The summed E-state index contributed by atoms with van der Waals surface area (Å²) in [6, 6.07) is 16.5. The largest absolute Gasteiger partial charge is 0.288 e. The van der Waals surface area contributed by atoms with Crippen molar-refractivity contribution in [1.29, 1.82) is 0 Å². The first kappa shape index (κ1) is 20.5. The zero-order valence-electron chi connectivity index (χ0n) is 17.2. The van der Waals surface area contributed by atoms with E-state index in [4.69, 9.17) is 5.10 Å². The number of rotatable bonds is 7. The van der Waals surface area contributed by atoms with Crippen LogP contribution < -0.4 is 0 Å². The number of benzene rings is 2. The molecule has 0 aromatic heterocycles. The fourth-order valence-corrected chi connectivity index (χ4v) is 4.51. The van der Waals surface area contributed by atoms with E-state index in [9.17, 15) is 9.18 Å². The highest BCUT2D eigenvalue weighted by molar-refractivity contribution is 6.03. The van der Waals surface area contributed by atoms with E-state index in [1.165, 1.54) is 25.0 Å². The first-order valence-electron chi connectivity index (χ1n) is 10.7. The topological polar surface area (TPSA) is 35.9 Å². The second kappa shape index (κ2) is 9.35. The van der Waals surface area contributed by atoms with Gasteiger partial charge in [-0.2, -0.15) is 5.10 Å². The van der Waals surface area contributed by atoms with Crippen molar-refractivity contribution < 1.29 is 9.18 Å². The lowest BCUT2D eigenvalue weighted by Gasteiger charge is -2.30. The number of halogens is 1. The molecule has 1 fully saturated rings. The van der Waals surface area contributed by atoms with E-state index < -0.39 is 0 Å². The molecule has 2 aromatic carbocycles. The van der Waals surface area contributed by atoms with Crippen molar-refractivity contribution in [3.63, 3.8) is 0 Å². The maximum atomic E-state index is 13.5. The number of hydrogen-bond donors (Lipinski definition) is 0. The van der Waals surface area contributed by atoms with Crippen LogP contribution in [0.2, 0.25) is 0 Å². The van der Waals surface area contributed by atoms with E-state index in [2.05, 4.69) is 11.5 Å². The van der Waals surface area contributed by atoms with Gasteiger partial charge in [-0.3, -0.25) is 9.69 Å². The van der Waals surface area contributed by atoms with Crippen molar-refractivity contribution in [2.24, 2.45) is 5.10 Å². The Balaban J connectivity index is 1.59. The van der Waals surface area contributed by atoms with Crippen molar-refractivity contribution in [1.82, 2.24) is 9.91 Å². The number of carbonyl (C=O) groups is 1. The lowest BCUT2D eigenvalue weighted by Crippen LogP contribution is -2.42. The Morgan fingerprint density at radius 3 is 2.50 bits per heavy atom. The Labute approximate surface area is 177 Å². The Kier molecular flexibility index (Phi) is 6.38. The zero-order chi connectivity index (χ0) is 20.9. The van der Waals surface area contributed by atoms with Crippen molar-refractivity contribution in [3.8, 4) is 0 Å². The number of nitrogens with zero attached hydrogens (tertiary/aromatic N) is 3. The van der Waals surface area contributed by atoms with Crippen LogP contribution in [0, 0.1) is 5.82 Å². The highest BCUT2D eigenvalue weighted by Crippen LogP contribution is 2.33. The molecule has 1 saturated carbocycles. The monoisotopic (exact) mass is 405 g/mol. The van der Waals surface area contributed by atoms with E-state index in [1.54, 1.807) is 17.1 Å². The van der Waals surface area contributed by atoms with Crippen molar-refractivity contribution in [2.45, 2.75) is 44.2 Å². The molecule has 2 aromatic rings. The number of carbonyl (C=O) groups excluding carboxylic acids is 1. The Hall–Kier alpha value is -2.79. The summed E-state index contributed by atoms with van der Waals surface area (Å²) in [4.78, 5) is 15.6. The molecule has 30 heavy (non-hydrogen) atoms. The maximum Gasteiger partial charge on any atom is 0.257 e. The average molecular weight is 406 g/mol. The summed E-state index contributed by atoms with van der Waals surface area (Å²) in [6.07, 6.45) is 7.16. The minimum Gasteiger partial charge on any atom is -0.288 e. The van der Waals surface area contributed by atoms with Gasteiger partial charge in [0.1, 0.15) is 5.82 Å². The van der Waals surface area contributed by atoms with Crippen molar-refractivity contribution in [3.05, 3.63) is 84.2 Å². The minimum atomic E-state index is -0.280. The molecule has 1 unspecified atom stereocenters. The highest BCUT2D eigenvalue weighted by Gasteiger charge is 2.34. The molecule has 0 radical (unpaired) electrons. The lowest BCUT2D eigenvalue weighted by atomic mass is 9.98. The summed E-state index contributed by atoms with van der Waals surface area (Å²) in [5, 5.41) is 6.34. The van der Waals surface area contributed by atoms with Gasteiger partial charge in [-0.05, 0) is 36.1 Å². The molecule has 0 saturated heterocycles. The quantitative estimate of drug-likeness (QED) is 0.612. The van der Waals surface area contributed by atoms with Crippen molar-refractivity contribution >= 4 is 11.6 Å². The standard InChI is InChI=1S/C25H28FN3O/c1-2-16-28(22-10-6-7-11-22)18-25(30)29-24(20-12-14-21(26)15-13-20)17-23(27-29)19-8-4-3-5-9-19/h2-5,8-9,12-15,22,24H,1,6-7,10-11,16-18H2. The van der Waals surface area contributed by atoms with Crippen LogP contribution in [-0.2, 0) is 4.79 Å². The van der Waals surface area contributed by atoms with E-state index in [1.807, 2.05) is 36.4 Å². The van der Waals surface area contributed by atoms with Gasteiger partial charge in [-0.1, -0.05) is 61.4 Å². The molecule has 1 atom stereocenters. The molecule has 0 bridgehead atoms. The van der Waals surface area contributed by atoms with Gasteiger partial charge in [0.05, 0.1) is 18.3 Å². The second-order valence-corrected chi connectivity index (χ2v) is 8.08. The van der Waals surface area contributed by atoms with Crippen LogP contribution in [0.1, 0.15) is 49.3 Å². The first-order valence-corrected chi connectivity index (χ1v) is 10.7. The van der Waals surface area contributed by atoms with Crippen LogP contribution in [0.15, 0.2) is 72.4 Å². The predicted molar refractivity (Wildman–Crippen MR) is 118 cm³/mol. The first-order chi connectivity index (χ1) is 14.7. The Morgan fingerprint density at radius 1 is 1.13 bits per heavy atom. The summed E-state index contributed by atoms with van der Waals surface area (Å²) in [5.74, 6) is -0.304. The average Bonchev–Trinajstić information content (AvgIpc) is 3.45. The Morgan fingerprint density at radius 2 is 1.83 bits per heavy atom. The van der Waals surface area contributed by atoms with Gasteiger partial charge in [-0.25, -0.2) is 9.40 Å². The molecule has 1 heterocycles. The second-order valence-electron chi connectivity index (χ2n) is 8.08. The zero-order valence-corrected chi connectivity index (χ0v) is 17.2. The molecular formula is C25H28FN3O. The van der Waals surface area contributed by atoms with E-state index >= 15 is 0 Å². The molecular weight excluding hydrogens is 377 g/mol. The predicted octanol–water partition coefficient (Wildman–Crippen LogP) is 4.93. The van der Waals surface area contributed by atoms with Gasteiger partial charge >= 0.3 is 0 Å². The summed E-state index contributed by atoms with van der Waals surface area (Å²) < 4.78 is 13.5. The number of hydrazone groups is 1. The molecule has 5 heteroatoms. The summed E-state index contributed by atoms with van der Waals surface area (Å²) >= 11 is 0. The third-order valence-corrected chi connectivity index (χ3v) is 6.07. The van der Waals surface area contributed by atoms with Crippen molar-refractivity contribution in [2.75, 3.05) is 13.1 Å². The van der Waals surface area contributed by atoms with Crippen LogP contribution >= 0.6 is 0 Å². The summed E-state index contributed by atoms with van der Waals surface area (Å²) in [5.41, 5.74) is 2.80. The number of hydrogen-bond acceptors (Lipinski definition) is 3. The van der Waals surface area contributed by atoms with E-state index in [-0.39, 0.29) is 17.8 Å². The summed E-state index contributed by atoms with van der Waals surface area (Å²) in [6.45, 7) is 4.88. The van der Waals surface area contributed by atoms with Crippen LogP contribution in [0.5, 0.6) is 0 Å². The smallest absolute Gasteiger partial charge is 0.257 e. The molecule has 1 aliphatic carbocycles. The van der Waals surface area contributed by atoms with Crippen LogP contribution in [0.4, 0.5) is 4.39 Å². The maximum absolute atomic E-state index is 13.5. The third kappa shape index (κ3) is 4.51. The Bertz CT molecular complexity index is 904. The summed E-state index contributed by atoms with van der Waals surface area (Å²) in [7, 11) is 0. The molecule has 156 valence electrons. The van der Waals surface area contributed by atoms with Gasteiger partial charge < -0.3 is 0 Å². The van der Waals surface area contributed by atoms with Crippen LogP contribution in [0.25, 0.3) is 0 Å². The SMILES string of the molecule is C=CCN(CC(=O)N1N=C(c2ccccc2)CC1c1ccc(F)cc1)C1CCCC1. The van der Waals surface area contributed by atoms with Gasteiger partial charge in [0.25, 0.3) is 5.91 Å². The van der Waals surface area contributed by atoms with Crippen LogP contribution in [0.3, 0.4) is 0 Å². The molecule has 1 aliphatic heterocycles. The van der Waals surface area contributed by atoms with E-state index in [0.717, 1.165) is 29.7 Å². The minimum absolute atomic E-state index is 0.0241. The van der Waals surface area contributed by atoms with Gasteiger partial charge in [-0.15, -0.1) is 6.58 Å². The fourth-order valence-electron chi connectivity index (χ4n) is 4.51. The molecule has 2 aliphatic rings. The lowest BCUT2D eigenvalue weighted by molar-refractivity contribution is -0.134. The number of amides is 1. The van der Waals surface area contributed by atoms with Gasteiger partial charge in [0.15, 0.2) is 0 Å². The normalized spacial score (nSPS) is 19.3. The molecule has 0 spiro atoms. The van der Waals surface area contributed by atoms with E-state index in [0.29, 0.717) is 25.6 Å². The fraction of sp³-hybridized carbons (Fsp3) is 0.360. The molecule has 4 rings (SSSR count). The molecule has 0 N–H and O–H groups in total. The van der Waals surface area contributed by atoms with Crippen LogP contribution in [-0.4, -0.2) is 40.7 Å². The van der Waals surface area contributed by atoms with Gasteiger partial charge in [0.2, 0.25) is 0 Å².